The molecule has 0 unspecified atom stereocenters. The van der Waals surface area contributed by atoms with E-state index in [0.717, 1.165) is 57.6 Å². The molecule has 2 amide bonds. The molecule has 3 heterocycles. The molecule has 4 aromatic rings. The van der Waals surface area contributed by atoms with Gasteiger partial charge in [-0.3, -0.25) is 24.3 Å². The summed E-state index contributed by atoms with van der Waals surface area (Å²) >= 11 is 0. The molecule has 2 aromatic carbocycles. The second kappa shape index (κ2) is 12.1. The standard InChI is InChI=1S/C35H41N5O3/c1-7-40-30-15-13-26(22-31(30)37(6)33(42)35(4,5)34(40)43)16-18-38(23-28-14-12-24(2)36-25(28)3)20-21-39-19-17-27-10-8-9-11-29(27)32(39)41/h8-15,17,19,22H,7,16,18,20-21,23H2,1-6H3. The van der Waals surface area contributed by atoms with Crippen LogP contribution in [0.4, 0.5) is 11.4 Å². The zero-order valence-corrected chi connectivity index (χ0v) is 26.1. The molecular weight excluding hydrogens is 538 g/mol. The fourth-order valence-electron chi connectivity index (χ4n) is 5.94. The number of fused-ring (bicyclic) bond motifs is 2. The molecule has 43 heavy (non-hydrogen) atoms. The summed E-state index contributed by atoms with van der Waals surface area (Å²) < 4.78 is 1.79. The SMILES string of the molecule is CCN1C(=O)C(C)(C)C(=O)N(C)c2cc(CCN(CCn3ccc4ccccc4c3=O)Cc3ccc(C)nc3C)ccc21. The first kappa shape index (κ1) is 30.2. The van der Waals surface area contributed by atoms with E-state index in [2.05, 4.69) is 22.0 Å². The van der Waals surface area contributed by atoms with Crippen LogP contribution in [0.2, 0.25) is 0 Å². The largest absolute Gasteiger partial charge is 0.314 e. The molecular formula is C35H41N5O3. The molecule has 1 aliphatic heterocycles. The molecule has 0 N–H and O–H groups in total. The zero-order valence-electron chi connectivity index (χ0n) is 26.1. The summed E-state index contributed by atoms with van der Waals surface area (Å²) in [5, 5.41) is 1.67. The van der Waals surface area contributed by atoms with Crippen LogP contribution in [-0.2, 0) is 29.1 Å². The normalized spacial score (nSPS) is 14.9. The van der Waals surface area contributed by atoms with Gasteiger partial charge in [-0.15, -0.1) is 0 Å². The Kier molecular flexibility index (Phi) is 8.51. The summed E-state index contributed by atoms with van der Waals surface area (Å²) in [6.07, 6.45) is 2.62. The third kappa shape index (κ3) is 5.97. The number of aromatic nitrogens is 2. The summed E-state index contributed by atoms with van der Waals surface area (Å²) in [6.45, 7) is 12.5. The van der Waals surface area contributed by atoms with Crippen molar-refractivity contribution in [2.24, 2.45) is 5.41 Å². The van der Waals surface area contributed by atoms with Gasteiger partial charge in [0.25, 0.3) is 5.56 Å². The van der Waals surface area contributed by atoms with Gasteiger partial charge >= 0.3 is 0 Å². The van der Waals surface area contributed by atoms with Crippen molar-refractivity contribution in [3.8, 4) is 0 Å². The summed E-state index contributed by atoms with van der Waals surface area (Å²) in [5.41, 5.74) is 4.61. The number of amides is 2. The van der Waals surface area contributed by atoms with E-state index in [0.29, 0.717) is 26.2 Å². The Balaban J connectivity index is 1.40. The van der Waals surface area contributed by atoms with Crippen LogP contribution in [0.25, 0.3) is 10.8 Å². The van der Waals surface area contributed by atoms with Gasteiger partial charge in [0.1, 0.15) is 5.41 Å². The van der Waals surface area contributed by atoms with E-state index in [1.165, 1.54) is 0 Å². The van der Waals surface area contributed by atoms with Gasteiger partial charge in [0.2, 0.25) is 11.8 Å². The monoisotopic (exact) mass is 579 g/mol. The molecule has 0 radical (unpaired) electrons. The van der Waals surface area contributed by atoms with Gasteiger partial charge in [0.05, 0.1) is 11.4 Å². The highest BCUT2D eigenvalue weighted by Crippen LogP contribution is 2.38. The molecule has 0 atom stereocenters. The van der Waals surface area contributed by atoms with Gasteiger partial charge in [-0.05, 0) is 87.9 Å². The Morgan fingerprint density at radius 3 is 2.40 bits per heavy atom. The first-order valence-electron chi connectivity index (χ1n) is 15.0. The molecule has 1 aliphatic rings. The summed E-state index contributed by atoms with van der Waals surface area (Å²) in [6, 6.07) is 19.9. The number of carbonyl (C=O) groups excluding carboxylic acids is 2. The fraction of sp³-hybridized carbons (Fsp3) is 0.371. The molecule has 2 aromatic heterocycles. The number of rotatable bonds is 9. The number of carbonyl (C=O) groups is 2. The maximum Gasteiger partial charge on any atom is 0.258 e. The minimum atomic E-state index is -1.14. The predicted molar refractivity (Wildman–Crippen MR) is 173 cm³/mol. The number of hydrogen-bond donors (Lipinski definition) is 0. The van der Waals surface area contributed by atoms with E-state index >= 15 is 0 Å². The number of pyridine rings is 2. The first-order valence-corrected chi connectivity index (χ1v) is 15.0. The van der Waals surface area contributed by atoms with Gasteiger partial charge in [0.15, 0.2) is 0 Å². The Morgan fingerprint density at radius 1 is 0.884 bits per heavy atom. The van der Waals surface area contributed by atoms with E-state index in [1.807, 2.05) is 75.5 Å². The Labute approximate surface area is 253 Å². The molecule has 224 valence electrons. The van der Waals surface area contributed by atoms with Crippen molar-refractivity contribution in [2.75, 3.05) is 36.5 Å². The van der Waals surface area contributed by atoms with E-state index in [4.69, 9.17) is 0 Å². The summed E-state index contributed by atoms with van der Waals surface area (Å²) in [4.78, 5) is 50.1. The second-order valence-electron chi connectivity index (χ2n) is 12.0. The fourth-order valence-corrected chi connectivity index (χ4v) is 5.94. The lowest BCUT2D eigenvalue weighted by atomic mass is 9.90. The Hall–Kier alpha value is -4.30. The molecule has 0 aliphatic carbocycles. The second-order valence-corrected chi connectivity index (χ2v) is 12.0. The number of benzene rings is 2. The van der Waals surface area contributed by atoms with Gasteiger partial charge in [-0.25, -0.2) is 0 Å². The third-order valence-electron chi connectivity index (χ3n) is 8.62. The summed E-state index contributed by atoms with van der Waals surface area (Å²) in [7, 11) is 1.75. The van der Waals surface area contributed by atoms with Crippen molar-refractivity contribution in [3.63, 3.8) is 0 Å². The number of nitrogens with zero attached hydrogens (tertiary/aromatic N) is 5. The van der Waals surface area contributed by atoms with Crippen molar-refractivity contribution in [3.05, 3.63) is 99.7 Å². The minimum Gasteiger partial charge on any atom is -0.314 e. The van der Waals surface area contributed by atoms with Crippen LogP contribution in [0.1, 0.15) is 43.3 Å². The lowest BCUT2D eigenvalue weighted by Gasteiger charge is -2.27. The van der Waals surface area contributed by atoms with Crippen LogP contribution in [0, 0.1) is 19.3 Å². The maximum atomic E-state index is 13.3. The van der Waals surface area contributed by atoms with Crippen molar-refractivity contribution >= 4 is 34.0 Å². The number of aryl methyl sites for hydroxylation is 2. The van der Waals surface area contributed by atoms with Crippen LogP contribution in [-0.4, -0.2) is 52.9 Å². The van der Waals surface area contributed by atoms with Gasteiger partial charge < -0.3 is 14.4 Å². The molecule has 8 heteroatoms. The van der Waals surface area contributed by atoms with E-state index < -0.39 is 5.41 Å². The average Bonchev–Trinajstić information content (AvgIpc) is 3.04. The van der Waals surface area contributed by atoms with Crippen molar-refractivity contribution in [1.29, 1.82) is 0 Å². The molecule has 8 nitrogen and oxygen atoms in total. The highest BCUT2D eigenvalue weighted by Gasteiger charge is 2.45. The molecule has 5 rings (SSSR count). The number of hydrogen-bond acceptors (Lipinski definition) is 5. The maximum absolute atomic E-state index is 13.3. The Bertz CT molecular complexity index is 1740. The van der Waals surface area contributed by atoms with Crippen LogP contribution < -0.4 is 15.4 Å². The molecule has 0 fully saturated rings. The summed E-state index contributed by atoms with van der Waals surface area (Å²) in [5.74, 6) is -0.396. The smallest absolute Gasteiger partial charge is 0.258 e. The predicted octanol–water partition coefficient (Wildman–Crippen LogP) is 5.11. The molecule has 0 bridgehead atoms. The van der Waals surface area contributed by atoms with E-state index in [9.17, 15) is 14.4 Å². The quantitative estimate of drug-likeness (QED) is 0.258. The molecule has 0 saturated carbocycles. The van der Waals surface area contributed by atoms with E-state index in [1.54, 1.807) is 35.3 Å². The van der Waals surface area contributed by atoms with Gasteiger partial charge in [0, 0.05) is 62.7 Å². The highest BCUT2D eigenvalue weighted by atomic mass is 16.2. The van der Waals surface area contributed by atoms with Crippen molar-refractivity contribution in [2.45, 2.75) is 54.1 Å². The topological polar surface area (TPSA) is 78.8 Å². The van der Waals surface area contributed by atoms with Crippen molar-refractivity contribution in [1.82, 2.24) is 14.5 Å². The van der Waals surface area contributed by atoms with Crippen LogP contribution >= 0.6 is 0 Å². The lowest BCUT2D eigenvalue weighted by Crippen LogP contribution is -2.47. The van der Waals surface area contributed by atoms with Crippen LogP contribution in [0.3, 0.4) is 0 Å². The average molecular weight is 580 g/mol. The first-order chi connectivity index (χ1) is 20.5. The lowest BCUT2D eigenvalue weighted by molar-refractivity contribution is -0.137. The highest BCUT2D eigenvalue weighted by molar-refractivity contribution is 6.19. The van der Waals surface area contributed by atoms with Gasteiger partial charge in [-0.2, -0.15) is 0 Å². The van der Waals surface area contributed by atoms with Crippen molar-refractivity contribution < 1.29 is 9.59 Å². The van der Waals surface area contributed by atoms with E-state index in [-0.39, 0.29) is 17.4 Å². The third-order valence-corrected chi connectivity index (χ3v) is 8.62. The minimum absolute atomic E-state index is 0.0163. The van der Waals surface area contributed by atoms with Gasteiger partial charge in [-0.1, -0.05) is 30.3 Å². The number of anilines is 2. The van der Waals surface area contributed by atoms with Crippen LogP contribution in [0.5, 0.6) is 0 Å². The molecule has 0 spiro atoms. The zero-order chi connectivity index (χ0) is 30.9. The molecule has 0 saturated heterocycles. The van der Waals surface area contributed by atoms with Crippen LogP contribution in [0.15, 0.2) is 71.7 Å². The Morgan fingerprint density at radius 2 is 1.65 bits per heavy atom.